The van der Waals surface area contributed by atoms with Crippen molar-refractivity contribution in [3.63, 3.8) is 0 Å². The number of unbranched alkanes of at least 4 members (excludes halogenated alkanes) is 3. The molecule has 0 saturated carbocycles. The summed E-state index contributed by atoms with van der Waals surface area (Å²) < 4.78 is 140. The van der Waals surface area contributed by atoms with E-state index in [4.69, 9.17) is 18.9 Å². The summed E-state index contributed by atoms with van der Waals surface area (Å²) in [5, 5.41) is 11.9. The summed E-state index contributed by atoms with van der Waals surface area (Å²) in [6, 6.07) is 22.0. The Balaban J connectivity index is 0.000000156. The van der Waals surface area contributed by atoms with Crippen LogP contribution in [0.25, 0.3) is 0 Å². The van der Waals surface area contributed by atoms with E-state index in [0.717, 1.165) is 73.4 Å². The maximum atomic E-state index is 15.1. The first-order valence-corrected chi connectivity index (χ1v) is 46.9. The van der Waals surface area contributed by atoms with Crippen LogP contribution in [-0.4, -0.2) is 386 Å². The summed E-state index contributed by atoms with van der Waals surface area (Å²) in [5.74, 6) is 3.25. The molecule has 4 aromatic rings. The predicted octanol–water partition coefficient (Wildman–Crippen LogP) is 5.79. The van der Waals surface area contributed by atoms with E-state index in [0.29, 0.717) is 0 Å². The molecule has 58 heteroatoms. The van der Waals surface area contributed by atoms with Crippen LogP contribution in [0.15, 0.2) is 84.9 Å². The molecular weight excluding hydrogens is 1850 g/mol. The number of carbonyl (C=O) groups is 12. The van der Waals surface area contributed by atoms with Gasteiger partial charge in [0.2, 0.25) is 0 Å². The molecule has 0 aliphatic carbocycles. The number of nitrogens with two attached hydrogens (primary N) is 2. The van der Waals surface area contributed by atoms with Gasteiger partial charge in [-0.3, -0.25) is 118 Å². The molecule has 0 unspecified atom stereocenters. The van der Waals surface area contributed by atoms with Crippen LogP contribution in [0.4, 0.5) is 108 Å². The minimum atomic E-state index is -10.7. The molecular formula is C76H92F12N28O16P2. The molecule has 18 heterocycles. The van der Waals surface area contributed by atoms with Crippen molar-refractivity contribution in [2.45, 2.75) is 139 Å². The minimum absolute atomic E-state index is 0.457. The Morgan fingerprint density at radius 2 is 0.381 bits per heavy atom. The zero-order valence-corrected chi connectivity index (χ0v) is 73.6. The average molecular weight is 1940 g/mol. The van der Waals surface area contributed by atoms with Gasteiger partial charge in [-0.2, -0.15) is 0 Å². The van der Waals surface area contributed by atoms with E-state index in [1.54, 1.807) is 28.4 Å². The molecule has 4 aromatic carbocycles. The number of benzene rings is 4. The third-order valence-corrected chi connectivity index (χ3v) is 27.3. The van der Waals surface area contributed by atoms with Crippen molar-refractivity contribution in [1.29, 1.82) is 0 Å². The van der Waals surface area contributed by atoms with Gasteiger partial charge in [-0.15, -0.1) is 0 Å². The Hall–Kier alpha value is -12.8. The maximum absolute atomic E-state index is 15.1. The van der Waals surface area contributed by atoms with Crippen LogP contribution >= 0.6 is 15.6 Å². The van der Waals surface area contributed by atoms with Gasteiger partial charge < -0.3 is 40.2 Å². The number of quaternary nitrogens is 2. The van der Waals surface area contributed by atoms with Gasteiger partial charge in [0.1, 0.15) is 116 Å². The summed E-state index contributed by atoms with van der Waals surface area (Å²) in [4.78, 5) is 213. The second kappa shape index (κ2) is 30.3. The largest absolute Gasteiger partial charge is 0.326 e. The zero-order chi connectivity index (χ0) is 94.8. The Morgan fingerprint density at radius 3 is 0.530 bits per heavy atom. The topological polar surface area (TPSA) is 377 Å². The molecule has 18 saturated heterocycles. The molecule has 0 aromatic heterocycles. The molecule has 18 aliphatic rings. The molecule has 18 aliphatic heterocycles. The number of urea groups is 12. The van der Waals surface area contributed by atoms with Crippen molar-refractivity contribution in [2.24, 2.45) is 0 Å². The van der Waals surface area contributed by atoms with Crippen molar-refractivity contribution in [3.8, 4) is 23.0 Å². The summed E-state index contributed by atoms with van der Waals surface area (Å²) >= 11 is 0. The van der Waals surface area contributed by atoms with Gasteiger partial charge in [0, 0.05) is 49.4 Å². The van der Waals surface area contributed by atoms with Crippen LogP contribution in [0.5, 0.6) is 23.0 Å². The molecule has 0 bridgehead atoms. The molecule has 24 amide bonds. The first-order chi connectivity index (χ1) is 63.2. The smallest absolute Gasteiger partial charge is 0.282 e. The third-order valence-electron chi connectivity index (χ3n) is 27.3. The maximum Gasteiger partial charge on any atom is 0.326 e. The zero-order valence-electron chi connectivity index (χ0n) is 71.8. The number of amides is 24. The molecule has 22 rings (SSSR count). The van der Waals surface area contributed by atoms with Crippen molar-refractivity contribution < 1.29 is 137 Å². The van der Waals surface area contributed by atoms with E-state index in [1.165, 1.54) is 179 Å². The minimum Gasteiger partial charge on any atom is -0.282 e. The number of halogens is 12. The molecule has 134 heavy (non-hydrogen) atoms. The summed E-state index contributed by atoms with van der Waals surface area (Å²) in [6.45, 7) is 2.15. The van der Waals surface area contributed by atoms with E-state index in [1.807, 2.05) is 36.4 Å². The van der Waals surface area contributed by atoms with Gasteiger partial charge in [-0.05, 0) is 72.2 Å². The number of hydrogen-bond acceptors (Lipinski definition) is 18. The quantitative estimate of drug-likeness (QED) is 0.0388. The monoisotopic (exact) mass is 1940 g/mol. The number of hydrogen-bond donors (Lipinski definition) is 4. The van der Waals surface area contributed by atoms with Crippen LogP contribution in [-0.2, 0) is 39.3 Å². The molecule has 0 atom stereocenters. The molecule has 0 radical (unpaired) electrons. The summed E-state index contributed by atoms with van der Waals surface area (Å²) in [5.41, 5.74) is 7.63. The van der Waals surface area contributed by atoms with E-state index in [2.05, 4.69) is 69.8 Å². The van der Waals surface area contributed by atoms with Crippen LogP contribution in [0.1, 0.15) is 59.1 Å². The van der Waals surface area contributed by atoms with Gasteiger partial charge >= 0.3 is 138 Å². The Morgan fingerprint density at radius 1 is 0.239 bits per heavy atom. The fraction of sp³-hybridized carbons (Fsp3) is 0.526. The van der Waals surface area contributed by atoms with Crippen molar-refractivity contribution in [3.05, 3.63) is 118 Å². The standard InChI is InChI=1S/C40H54N4O4.C36H36N24O12.2F6P/c1-45-37-19-35(20-38(23-37)46-2)29-43-27-33-13-9-31(10-14-33)25-41-17-7-5-6-8-18-42-26-32-11-15-34(16-12-32)28-44-30-36-21-39(47-3)24-40(22-36)48-4;61-25-37-1-38-14-16-42(26(38)62)4-46-18-20-50(30(46)66)8-54-22-24-58(34(54)70)11-57-23-21-53(33(57)69)7-49-19-17-45(29(49)65)3-41(25)15-13(37)39-2-40(14)28(64)44(16)6-48(18)32(68)52(20)10-56(22)36(72)60(24)12-59(23)35(71)55(21)9-51(19)31(67)47(17)5-43(15)27(39)63;2*1-7(2,3,4,5)6/h9-16,19-24,41-44H,5-8,17-18,25-30H2,1-4H3;13-24H,1-12H2;;/q;;2*-1/p+2. The number of rotatable bonds is 23. The number of nitrogens with zero attached hydrogens (tertiary/aromatic N) is 24. The molecule has 726 valence electrons. The van der Waals surface area contributed by atoms with Crippen molar-refractivity contribution in [2.75, 3.05) is 122 Å². The number of carbonyl (C=O) groups excluding carboxylic acids is 12. The molecule has 6 N–H and O–H groups in total. The van der Waals surface area contributed by atoms with E-state index in [9.17, 15) is 50.4 Å². The second-order valence-electron chi connectivity index (χ2n) is 35.5. The Kier molecular flexibility index (Phi) is 20.2. The van der Waals surface area contributed by atoms with Gasteiger partial charge in [0.05, 0.1) is 41.5 Å². The van der Waals surface area contributed by atoms with Crippen LogP contribution in [0.2, 0.25) is 0 Å². The van der Waals surface area contributed by atoms with E-state index < -0.39 is 242 Å². The number of nitrogens with one attached hydrogen (secondary N) is 2. The summed E-state index contributed by atoms with van der Waals surface area (Å²) in [6.07, 6.45) is -8.76. The van der Waals surface area contributed by atoms with Gasteiger partial charge in [-0.25, -0.2) is 57.5 Å². The normalized spacial score (nSPS) is 28.0. The van der Waals surface area contributed by atoms with E-state index in [-0.39, 0.29) is 0 Å². The van der Waals surface area contributed by atoms with Gasteiger partial charge in [0.15, 0.2) is 74.0 Å². The first-order valence-electron chi connectivity index (χ1n) is 42.9. The van der Waals surface area contributed by atoms with Gasteiger partial charge in [-0.1, -0.05) is 48.5 Å². The Bertz CT molecular complexity index is 4560. The van der Waals surface area contributed by atoms with Crippen LogP contribution in [0.3, 0.4) is 0 Å². The van der Waals surface area contributed by atoms with Gasteiger partial charge in [0.25, 0.3) is 0 Å². The number of ether oxygens (including phenoxy) is 4. The first kappa shape index (κ1) is 89.1. The van der Waals surface area contributed by atoms with Crippen molar-refractivity contribution in [1.82, 2.24) is 128 Å². The Labute approximate surface area is 752 Å². The molecule has 18 fully saturated rings. The number of methoxy groups -OCH3 is 4. The SMILES string of the molecule is COc1cc(CNCc2ccc(C[NH2+]CCCCCC[NH2+]Cc3ccc(CNCc4cc(OC)cc(OC)c4)cc3)cc2)cc(OC)c1.F[P-](F)(F)(F)(F)F.F[P-](F)(F)(F)(F)F.O=C1N2CN3C(=O)N4CN5C(=O)N6CN7C(=O)N8CN9C(=O)N%10CN%11C(=O)N%12CN1C1C2N2CN%13C(=O)N(CN%14C(=O)N(CN%15C(=O)N(CN%16C(=O)N(CN%17C(=O)N(CN1C2=O)C%12C%11%17)C%10C9%16)C8C7%15)C6C5%14)C4C3%13. The van der Waals surface area contributed by atoms with Crippen LogP contribution < -0.4 is 40.2 Å². The average Bonchev–Trinajstić information content (AvgIpc) is 1.51. The summed E-state index contributed by atoms with van der Waals surface area (Å²) in [7, 11) is -14.6. The third kappa shape index (κ3) is 15.5. The molecule has 44 nitrogen and oxygen atoms in total. The van der Waals surface area contributed by atoms with Crippen molar-refractivity contribution >= 4 is 88.0 Å². The fourth-order valence-corrected chi connectivity index (χ4v) is 21.7. The second-order valence-corrected chi connectivity index (χ2v) is 39.3. The predicted molar refractivity (Wildman–Crippen MR) is 432 cm³/mol. The fourth-order valence-electron chi connectivity index (χ4n) is 21.7. The van der Waals surface area contributed by atoms with E-state index >= 15 is 57.5 Å². The molecule has 0 spiro atoms. The van der Waals surface area contributed by atoms with Crippen LogP contribution in [0, 0.1) is 0 Å².